The van der Waals surface area contributed by atoms with Gasteiger partial charge in [-0.15, -0.1) is 0 Å². The Kier molecular flexibility index (Phi) is 7.09. The van der Waals surface area contributed by atoms with Gasteiger partial charge in [-0.1, -0.05) is 42.1 Å². The third kappa shape index (κ3) is 5.15. The van der Waals surface area contributed by atoms with Crippen molar-refractivity contribution in [3.8, 4) is 0 Å². The second kappa shape index (κ2) is 10.6. The molecule has 0 N–H and O–H groups in total. The second-order valence-electron chi connectivity index (χ2n) is 9.07. The molecule has 2 aromatic carbocycles. The van der Waals surface area contributed by atoms with Gasteiger partial charge in [-0.05, 0) is 48.4 Å². The number of thioether (sulfide) groups is 1. The number of carbonyl (C=O) groups is 2. The lowest BCUT2D eigenvalue weighted by Crippen LogP contribution is -2.38. The number of nitro groups is 1. The van der Waals surface area contributed by atoms with Crippen LogP contribution in [0.1, 0.15) is 43.4 Å². The van der Waals surface area contributed by atoms with Crippen molar-refractivity contribution in [2.75, 3.05) is 13.1 Å². The van der Waals surface area contributed by atoms with Gasteiger partial charge in [0.1, 0.15) is 6.61 Å². The number of allylic oxidation sites excluding steroid dienone is 1. The molecule has 3 aliphatic heterocycles. The van der Waals surface area contributed by atoms with E-state index in [1.165, 1.54) is 23.9 Å². The number of likely N-dealkylation sites (tertiary alicyclic amines) is 1. The van der Waals surface area contributed by atoms with Gasteiger partial charge in [0.25, 0.3) is 5.69 Å². The highest BCUT2D eigenvalue weighted by atomic mass is 32.2. The maximum absolute atomic E-state index is 13.5. The molecule has 5 rings (SSSR count). The highest BCUT2D eigenvalue weighted by Gasteiger charge is 2.41. The van der Waals surface area contributed by atoms with Gasteiger partial charge in [0, 0.05) is 30.9 Å². The van der Waals surface area contributed by atoms with Crippen molar-refractivity contribution in [2.45, 2.75) is 38.8 Å². The van der Waals surface area contributed by atoms with Crippen LogP contribution >= 0.6 is 11.8 Å². The van der Waals surface area contributed by atoms with E-state index >= 15 is 0 Å². The van der Waals surface area contributed by atoms with Crippen molar-refractivity contribution in [1.29, 1.82) is 0 Å². The summed E-state index contributed by atoms with van der Waals surface area (Å²) < 4.78 is 5.70. The number of hydrogen-bond donors (Lipinski definition) is 0. The number of nitrogens with zero attached hydrogens (tertiary/aromatic N) is 4. The molecule has 0 saturated carbocycles. The first-order valence-electron chi connectivity index (χ1n) is 12.1. The predicted octanol–water partition coefficient (Wildman–Crippen LogP) is 4.93. The van der Waals surface area contributed by atoms with Crippen LogP contribution in [0, 0.1) is 10.1 Å². The molecule has 1 amide bonds. The van der Waals surface area contributed by atoms with Crippen LogP contribution in [0.25, 0.3) is 0 Å². The number of esters is 1. The minimum Gasteiger partial charge on any atom is -0.457 e. The summed E-state index contributed by atoms with van der Waals surface area (Å²) in [5, 5.41) is 13.8. The molecule has 1 fully saturated rings. The van der Waals surface area contributed by atoms with Crippen LogP contribution in [-0.4, -0.2) is 44.9 Å². The van der Waals surface area contributed by atoms with Crippen LogP contribution in [-0.2, 0) is 20.9 Å². The molecule has 3 heterocycles. The summed E-state index contributed by atoms with van der Waals surface area (Å²) in [4.78, 5) is 45.7. The molecular weight excluding hydrogens is 492 g/mol. The van der Waals surface area contributed by atoms with Crippen LogP contribution in [0.2, 0.25) is 0 Å². The molecule has 37 heavy (non-hydrogen) atoms. The average molecular weight is 519 g/mol. The smallest absolute Gasteiger partial charge is 0.338 e. The second-order valence-corrected chi connectivity index (χ2v) is 9.90. The van der Waals surface area contributed by atoms with E-state index in [-0.39, 0.29) is 24.6 Å². The Labute approximate surface area is 218 Å². The molecule has 1 saturated heterocycles. The van der Waals surface area contributed by atoms with E-state index in [1.54, 1.807) is 19.1 Å². The fourth-order valence-corrected chi connectivity index (χ4v) is 5.72. The molecule has 9 nitrogen and oxygen atoms in total. The van der Waals surface area contributed by atoms with E-state index in [9.17, 15) is 19.7 Å². The first-order valence-corrected chi connectivity index (χ1v) is 13.0. The molecule has 1 unspecified atom stereocenters. The van der Waals surface area contributed by atoms with Gasteiger partial charge >= 0.3 is 5.97 Å². The zero-order chi connectivity index (χ0) is 25.9. The number of hydrogen-bond acceptors (Lipinski definition) is 8. The van der Waals surface area contributed by atoms with Crippen molar-refractivity contribution in [3.63, 3.8) is 0 Å². The van der Waals surface area contributed by atoms with Crippen LogP contribution in [0.15, 0.2) is 82.0 Å². The summed E-state index contributed by atoms with van der Waals surface area (Å²) in [6.07, 6.45) is 2.18. The van der Waals surface area contributed by atoms with Crippen LogP contribution < -0.4 is 0 Å². The van der Waals surface area contributed by atoms with Gasteiger partial charge < -0.3 is 14.5 Å². The Hall–Kier alpha value is -3.92. The molecule has 0 radical (unpaired) electrons. The lowest BCUT2D eigenvalue weighted by molar-refractivity contribution is -0.384. The normalized spacial score (nSPS) is 18.9. The van der Waals surface area contributed by atoms with E-state index in [4.69, 9.17) is 4.74 Å². The standard InChI is InChI=1S/C27H26N4O5S/c1-18-24(26(33)36-16-19-7-3-2-4-8-19)25(20-9-11-21(12-10-20)31(34)35)30-22(17-37-27(30)28-18)15-23(32)29-13-5-6-14-29/h2-4,7-12,17,25H,5-6,13-16H2,1H3. The number of ether oxygens (including phenoxy) is 1. The van der Waals surface area contributed by atoms with E-state index in [0.717, 1.165) is 37.2 Å². The van der Waals surface area contributed by atoms with Gasteiger partial charge in [0.15, 0.2) is 5.17 Å². The van der Waals surface area contributed by atoms with Crippen LogP contribution in [0.5, 0.6) is 0 Å². The number of fused-ring (bicyclic) bond motifs is 1. The molecule has 10 heteroatoms. The minimum absolute atomic E-state index is 0.0347. The van der Waals surface area contributed by atoms with Crippen molar-refractivity contribution in [1.82, 2.24) is 9.80 Å². The summed E-state index contributed by atoms with van der Waals surface area (Å²) in [5.74, 6) is -0.484. The summed E-state index contributed by atoms with van der Waals surface area (Å²) in [6, 6.07) is 14.9. The van der Waals surface area contributed by atoms with Gasteiger partial charge in [-0.25, -0.2) is 9.79 Å². The number of amides is 1. The lowest BCUT2D eigenvalue weighted by atomic mass is 9.93. The Balaban J connectivity index is 1.48. The summed E-state index contributed by atoms with van der Waals surface area (Å²) in [6.45, 7) is 3.37. The average Bonchev–Trinajstić information content (AvgIpc) is 3.58. The van der Waals surface area contributed by atoms with E-state index in [1.807, 2.05) is 45.5 Å². The van der Waals surface area contributed by atoms with Crippen molar-refractivity contribution in [2.24, 2.45) is 4.99 Å². The summed E-state index contributed by atoms with van der Waals surface area (Å²) in [5.41, 5.74) is 3.08. The van der Waals surface area contributed by atoms with Gasteiger partial charge in [-0.3, -0.25) is 14.9 Å². The Morgan fingerprint density at radius 1 is 1.11 bits per heavy atom. The molecule has 0 aliphatic carbocycles. The predicted molar refractivity (Wildman–Crippen MR) is 140 cm³/mol. The first-order chi connectivity index (χ1) is 17.9. The molecule has 0 spiro atoms. The maximum Gasteiger partial charge on any atom is 0.338 e. The number of non-ortho nitro benzene ring substituents is 1. The quantitative estimate of drug-likeness (QED) is 0.291. The third-order valence-electron chi connectivity index (χ3n) is 6.64. The van der Waals surface area contributed by atoms with E-state index in [2.05, 4.69) is 4.99 Å². The molecular formula is C27H26N4O5S. The zero-order valence-electron chi connectivity index (χ0n) is 20.3. The molecule has 0 bridgehead atoms. The zero-order valence-corrected chi connectivity index (χ0v) is 21.1. The van der Waals surface area contributed by atoms with Gasteiger partial charge in [-0.2, -0.15) is 0 Å². The Morgan fingerprint density at radius 3 is 2.49 bits per heavy atom. The lowest BCUT2D eigenvalue weighted by Gasteiger charge is -2.36. The fourth-order valence-electron chi connectivity index (χ4n) is 4.76. The fraction of sp³-hybridized carbons (Fsp3) is 0.296. The number of carbonyl (C=O) groups excluding carboxylic acids is 2. The largest absolute Gasteiger partial charge is 0.457 e. The molecule has 190 valence electrons. The Bertz CT molecular complexity index is 1310. The number of rotatable bonds is 7. The summed E-state index contributed by atoms with van der Waals surface area (Å²) in [7, 11) is 0. The molecule has 2 aromatic rings. The maximum atomic E-state index is 13.5. The van der Waals surface area contributed by atoms with Crippen LogP contribution in [0.3, 0.4) is 0 Å². The van der Waals surface area contributed by atoms with Gasteiger partial charge in [0.2, 0.25) is 5.91 Å². The van der Waals surface area contributed by atoms with Crippen molar-refractivity contribution < 1.29 is 19.2 Å². The first kappa shape index (κ1) is 24.8. The van der Waals surface area contributed by atoms with Gasteiger partial charge in [0.05, 0.1) is 28.7 Å². The highest BCUT2D eigenvalue weighted by molar-refractivity contribution is 8.16. The van der Waals surface area contributed by atoms with Crippen LogP contribution in [0.4, 0.5) is 5.69 Å². The van der Waals surface area contributed by atoms with Crippen molar-refractivity contribution >= 4 is 34.5 Å². The molecule has 1 atom stereocenters. The highest BCUT2D eigenvalue weighted by Crippen LogP contribution is 2.45. The minimum atomic E-state index is -0.635. The third-order valence-corrected chi connectivity index (χ3v) is 7.53. The monoisotopic (exact) mass is 518 g/mol. The number of benzene rings is 2. The summed E-state index contributed by atoms with van der Waals surface area (Å²) >= 11 is 1.40. The molecule has 0 aromatic heterocycles. The van der Waals surface area contributed by atoms with Crippen molar-refractivity contribution in [3.05, 3.63) is 98.2 Å². The number of amidine groups is 1. The number of aliphatic imine (C=N–C) groups is 1. The topological polar surface area (TPSA) is 105 Å². The Morgan fingerprint density at radius 2 is 1.81 bits per heavy atom. The number of nitro benzene ring substituents is 1. The van der Waals surface area contributed by atoms with E-state index < -0.39 is 16.9 Å². The SMILES string of the molecule is CC1=C(C(=O)OCc2ccccc2)C(c2ccc([N+](=O)[O-])cc2)N2C(CC(=O)N3CCCC3)=CSC2=N1. The molecule has 3 aliphatic rings. The van der Waals surface area contributed by atoms with E-state index in [0.29, 0.717) is 22.0 Å².